The molecule has 0 amide bonds. The van der Waals surface area contributed by atoms with Gasteiger partial charge in [0.25, 0.3) is 5.91 Å². The van der Waals surface area contributed by atoms with Crippen LogP contribution in [0.15, 0.2) is 36.4 Å². The molecule has 0 aliphatic carbocycles. The van der Waals surface area contributed by atoms with Gasteiger partial charge in [0.15, 0.2) is 11.6 Å². The molecule has 1 aromatic heterocycles. The Morgan fingerprint density at radius 3 is 2.28 bits per heavy atom. The number of hydrogen-bond donors (Lipinski definition) is 1. The minimum atomic E-state index is -4.55. The number of hydrogen-bond acceptors (Lipinski definition) is 3. The Morgan fingerprint density at radius 1 is 1.14 bits per heavy atom. The number of carbonyl (C=O) groups excluding carboxylic acids is 1. The first-order chi connectivity index (χ1) is 13.5. The Morgan fingerprint density at radius 2 is 1.76 bits per heavy atom. The normalized spacial score (nSPS) is 11.7. The first kappa shape index (κ1) is 20.4. The van der Waals surface area contributed by atoms with Crippen molar-refractivity contribution in [3.8, 4) is 5.75 Å². The van der Waals surface area contributed by atoms with Crippen molar-refractivity contribution in [2.45, 2.75) is 19.5 Å². The number of methoxy groups -OCH3 is 1. The van der Waals surface area contributed by atoms with E-state index >= 15 is 0 Å². The molecule has 3 rings (SSSR count). The third kappa shape index (κ3) is 3.67. The highest BCUT2D eigenvalue weighted by Gasteiger charge is 2.30. The predicted octanol–water partition coefficient (Wildman–Crippen LogP) is 4.43. The Bertz CT molecular complexity index is 1110. The highest BCUT2D eigenvalue weighted by Crippen LogP contribution is 2.33. The molecule has 9 heteroatoms. The van der Waals surface area contributed by atoms with E-state index in [2.05, 4.69) is 0 Å². The van der Waals surface area contributed by atoms with E-state index in [1.54, 1.807) is 0 Å². The van der Waals surface area contributed by atoms with Crippen molar-refractivity contribution in [3.63, 3.8) is 0 Å². The SMILES string of the molecule is COc1cc2c(CC(=O)O)c(C)n(C(=O)c3ccc(C(F)(F)F)cc3)c2cc1F. The van der Waals surface area contributed by atoms with Crippen LogP contribution in [0.3, 0.4) is 0 Å². The lowest BCUT2D eigenvalue weighted by atomic mass is 10.1. The molecule has 0 bridgehead atoms. The van der Waals surface area contributed by atoms with Gasteiger partial charge in [-0.3, -0.25) is 14.2 Å². The molecular formula is C20H15F4NO4. The van der Waals surface area contributed by atoms with E-state index in [4.69, 9.17) is 4.74 Å². The van der Waals surface area contributed by atoms with Gasteiger partial charge >= 0.3 is 12.1 Å². The number of aliphatic carboxylic acids is 1. The Kier molecular flexibility index (Phi) is 5.08. The zero-order chi connectivity index (χ0) is 21.5. The molecule has 29 heavy (non-hydrogen) atoms. The lowest BCUT2D eigenvalue weighted by molar-refractivity contribution is -0.138. The summed E-state index contributed by atoms with van der Waals surface area (Å²) in [5.74, 6) is -2.75. The highest BCUT2D eigenvalue weighted by molar-refractivity contribution is 6.05. The van der Waals surface area contributed by atoms with Gasteiger partial charge in [0.2, 0.25) is 0 Å². The second-order valence-electron chi connectivity index (χ2n) is 6.35. The molecule has 0 atom stereocenters. The number of alkyl halides is 3. The molecule has 0 radical (unpaired) electrons. The largest absolute Gasteiger partial charge is 0.494 e. The first-order valence-electron chi connectivity index (χ1n) is 8.35. The van der Waals surface area contributed by atoms with Crippen molar-refractivity contribution in [2.75, 3.05) is 7.11 Å². The zero-order valence-electron chi connectivity index (χ0n) is 15.3. The maximum Gasteiger partial charge on any atom is 0.416 e. The number of benzene rings is 2. The minimum absolute atomic E-state index is 0.0592. The van der Waals surface area contributed by atoms with Gasteiger partial charge < -0.3 is 9.84 Å². The van der Waals surface area contributed by atoms with E-state index in [9.17, 15) is 32.3 Å². The summed E-state index contributed by atoms with van der Waals surface area (Å²) in [7, 11) is 1.25. The average Bonchev–Trinajstić information content (AvgIpc) is 2.90. The molecule has 1 N–H and O–H groups in total. The molecule has 0 aliphatic rings. The number of ether oxygens (including phenoxy) is 1. The van der Waals surface area contributed by atoms with Crippen LogP contribution in [-0.4, -0.2) is 28.7 Å². The molecule has 1 heterocycles. The summed E-state index contributed by atoms with van der Waals surface area (Å²) >= 11 is 0. The zero-order valence-corrected chi connectivity index (χ0v) is 15.3. The predicted molar refractivity (Wildman–Crippen MR) is 95.7 cm³/mol. The Hall–Kier alpha value is -3.36. The maximum absolute atomic E-state index is 14.3. The van der Waals surface area contributed by atoms with Gasteiger partial charge in [0.05, 0.1) is 24.6 Å². The second kappa shape index (κ2) is 7.23. The minimum Gasteiger partial charge on any atom is -0.494 e. The van der Waals surface area contributed by atoms with Crippen LogP contribution in [-0.2, 0) is 17.4 Å². The molecule has 0 spiro atoms. The number of rotatable bonds is 4. The number of carboxylic acid groups (broad SMARTS) is 1. The van der Waals surface area contributed by atoms with Gasteiger partial charge in [-0.1, -0.05) is 0 Å². The molecular weight excluding hydrogens is 394 g/mol. The van der Waals surface area contributed by atoms with E-state index in [1.165, 1.54) is 20.1 Å². The van der Waals surface area contributed by atoms with Gasteiger partial charge in [-0.25, -0.2) is 4.39 Å². The van der Waals surface area contributed by atoms with E-state index in [0.717, 1.165) is 34.9 Å². The number of nitrogens with zero attached hydrogens (tertiary/aromatic N) is 1. The third-order valence-electron chi connectivity index (χ3n) is 4.60. The van der Waals surface area contributed by atoms with E-state index in [-0.39, 0.29) is 28.1 Å². The molecule has 3 aromatic rings. The average molecular weight is 409 g/mol. The highest BCUT2D eigenvalue weighted by atomic mass is 19.4. The first-order valence-corrected chi connectivity index (χ1v) is 8.35. The summed E-state index contributed by atoms with van der Waals surface area (Å²) in [5, 5.41) is 9.51. The molecule has 2 aromatic carbocycles. The van der Waals surface area contributed by atoms with Crippen LogP contribution in [0.2, 0.25) is 0 Å². The number of fused-ring (bicyclic) bond motifs is 1. The molecule has 0 unspecified atom stereocenters. The van der Waals surface area contributed by atoms with Crippen LogP contribution in [0.1, 0.15) is 27.2 Å². The van der Waals surface area contributed by atoms with E-state index in [1.807, 2.05) is 0 Å². The summed E-state index contributed by atoms with van der Waals surface area (Å²) in [5.41, 5.74) is -0.338. The van der Waals surface area contributed by atoms with E-state index < -0.39 is 35.9 Å². The lowest BCUT2D eigenvalue weighted by Gasteiger charge is -2.10. The topological polar surface area (TPSA) is 68.5 Å². The number of halogens is 4. The molecule has 152 valence electrons. The van der Waals surface area contributed by atoms with Crippen molar-refractivity contribution in [1.82, 2.24) is 4.57 Å². The summed E-state index contributed by atoms with van der Waals surface area (Å²) in [6.45, 7) is 1.49. The molecule has 0 fully saturated rings. The number of aromatic nitrogens is 1. The van der Waals surface area contributed by atoms with Crippen LogP contribution in [0.4, 0.5) is 17.6 Å². The van der Waals surface area contributed by atoms with Crippen molar-refractivity contribution in [3.05, 3.63) is 64.6 Å². The van der Waals surface area contributed by atoms with E-state index in [0.29, 0.717) is 5.39 Å². The monoisotopic (exact) mass is 409 g/mol. The fraction of sp³-hybridized carbons (Fsp3) is 0.200. The van der Waals surface area contributed by atoms with Gasteiger partial charge in [-0.15, -0.1) is 0 Å². The van der Waals surface area contributed by atoms with Crippen molar-refractivity contribution in [2.24, 2.45) is 0 Å². The molecule has 0 saturated heterocycles. The quantitative estimate of drug-likeness (QED) is 0.648. The van der Waals surface area contributed by atoms with Gasteiger partial charge in [-0.05, 0) is 42.8 Å². The van der Waals surface area contributed by atoms with Crippen LogP contribution in [0.5, 0.6) is 5.75 Å². The van der Waals surface area contributed by atoms with Crippen LogP contribution in [0.25, 0.3) is 10.9 Å². The Labute approximate surface area is 162 Å². The number of carboxylic acids is 1. The summed E-state index contributed by atoms with van der Waals surface area (Å²) in [4.78, 5) is 24.2. The second-order valence-corrected chi connectivity index (χ2v) is 6.35. The van der Waals surface area contributed by atoms with Crippen molar-refractivity contribution < 1.29 is 37.0 Å². The molecule has 0 saturated carbocycles. The smallest absolute Gasteiger partial charge is 0.416 e. The Balaban J connectivity index is 2.20. The van der Waals surface area contributed by atoms with Crippen LogP contribution < -0.4 is 4.74 Å². The molecule has 0 aliphatic heterocycles. The van der Waals surface area contributed by atoms with Gasteiger partial charge in [-0.2, -0.15) is 13.2 Å². The van der Waals surface area contributed by atoms with Crippen molar-refractivity contribution in [1.29, 1.82) is 0 Å². The summed E-state index contributed by atoms with van der Waals surface area (Å²) in [6.07, 6.45) is -4.98. The van der Waals surface area contributed by atoms with Crippen LogP contribution >= 0.6 is 0 Å². The van der Waals surface area contributed by atoms with Gasteiger partial charge in [0.1, 0.15) is 0 Å². The van der Waals surface area contributed by atoms with Crippen LogP contribution in [0, 0.1) is 12.7 Å². The summed E-state index contributed by atoms with van der Waals surface area (Å²) in [6, 6.07) is 5.92. The summed E-state index contributed by atoms with van der Waals surface area (Å²) < 4.78 is 58.6. The third-order valence-corrected chi connectivity index (χ3v) is 4.60. The van der Waals surface area contributed by atoms with Crippen molar-refractivity contribution >= 4 is 22.8 Å². The van der Waals surface area contributed by atoms with Gasteiger partial charge in [0, 0.05) is 22.7 Å². The lowest BCUT2D eigenvalue weighted by Crippen LogP contribution is -2.15. The fourth-order valence-electron chi connectivity index (χ4n) is 3.20. The number of carbonyl (C=O) groups is 2. The maximum atomic E-state index is 14.3. The standard InChI is InChI=1S/C20H15F4NO4/c1-10-13(8-18(26)27)14-7-17(29-2)15(21)9-16(14)25(10)19(28)11-3-5-12(6-4-11)20(22,23)24/h3-7,9H,8H2,1-2H3,(H,26,27). The fourth-order valence-corrected chi connectivity index (χ4v) is 3.20. The molecule has 5 nitrogen and oxygen atoms in total.